The maximum Gasteiger partial charge on any atom is 0.514 e. The quantitative estimate of drug-likeness (QED) is 0.0183. The fourth-order valence-electron chi connectivity index (χ4n) is 13.0. The van der Waals surface area contributed by atoms with Gasteiger partial charge in [0.15, 0.2) is 23.6 Å². The van der Waals surface area contributed by atoms with Gasteiger partial charge in [-0.15, -0.1) is 71.3 Å². The molecule has 0 radical (unpaired) electrons. The number of benzene rings is 8. The lowest BCUT2D eigenvalue weighted by molar-refractivity contribution is 0.0192. The molecule has 108 heavy (non-hydrogen) atoms. The Morgan fingerprint density at radius 3 is 1.55 bits per heavy atom. The second-order valence-corrected chi connectivity index (χ2v) is 32.9. The third kappa shape index (κ3) is 18.9. The molecule has 8 aromatic carbocycles. The number of carbonyl (C=O) groups excluding carboxylic acids is 4. The average molecular weight is 1490 g/mol. The van der Waals surface area contributed by atoms with Gasteiger partial charge in [-0.05, 0) is 245 Å². The number of fused-ring (bicyclic) bond motifs is 5. The Kier molecular flexibility index (Phi) is 22.7. The molecule has 1 unspecified atom stereocenters. The summed E-state index contributed by atoms with van der Waals surface area (Å²) in [6, 6.07) is 49.7. The number of ketones is 1. The molecule has 5 aromatic heterocycles. The van der Waals surface area contributed by atoms with Crippen LogP contribution in [-0.2, 0) is 37.9 Å². The average Bonchev–Trinajstić information content (AvgIpc) is 1.77. The van der Waals surface area contributed by atoms with Crippen molar-refractivity contribution in [3.05, 3.63) is 214 Å². The van der Waals surface area contributed by atoms with E-state index in [0.717, 1.165) is 109 Å². The van der Waals surface area contributed by atoms with E-state index in [4.69, 9.17) is 35.3 Å². The predicted molar refractivity (Wildman–Crippen MR) is 424 cm³/mol. The van der Waals surface area contributed by atoms with E-state index < -0.39 is 23.5 Å². The number of allylic oxidation sites excluding steroid dienone is 2. The number of aldehydes is 1. The van der Waals surface area contributed by atoms with Crippen LogP contribution in [0.4, 0.5) is 9.59 Å². The van der Waals surface area contributed by atoms with E-state index in [2.05, 4.69) is 132 Å². The molecule has 558 valence electrons. The van der Waals surface area contributed by atoms with Crippen LogP contribution in [0.25, 0.3) is 77.0 Å². The van der Waals surface area contributed by atoms with Gasteiger partial charge >= 0.3 is 12.3 Å². The van der Waals surface area contributed by atoms with E-state index >= 15 is 0 Å². The number of carbonyl (C=O) groups is 4. The third-order valence-electron chi connectivity index (χ3n) is 18.4. The van der Waals surface area contributed by atoms with Crippen molar-refractivity contribution in [1.29, 1.82) is 0 Å². The first-order chi connectivity index (χ1) is 51.3. The van der Waals surface area contributed by atoms with E-state index in [-0.39, 0.29) is 33.7 Å². The van der Waals surface area contributed by atoms with Gasteiger partial charge in [0.1, 0.15) is 66.7 Å². The molecule has 0 saturated heterocycles. The fraction of sp³-hybridized carbons (Fsp3) is 0.341. The van der Waals surface area contributed by atoms with Gasteiger partial charge < -0.3 is 23.7 Å². The lowest BCUT2D eigenvalue weighted by Crippen LogP contribution is -2.26. The van der Waals surface area contributed by atoms with Crippen molar-refractivity contribution in [2.45, 2.75) is 164 Å². The number of Topliss-reactive ketones (excluding diaryl/α,β-unsaturated/α-hetero) is 1. The lowest BCUT2D eigenvalue weighted by atomic mass is 9.72. The number of aromatic nitrogens is 12. The SMILES string of the molecule is CC(C)(C)CC(C)(C)c1ccc(C(=O)C2C=CCCC2)c(-n2nc3ccc(Cl)cc3n2)c1.CC(C)(C)OC(=O)Oc1ccc(CCOCCc2ccc(C=O)c(-n3nc4ccccc4n3)c2)cc1-n1nc2ccccc2n1.CCC(C)(C)c1ccc(OC(=O)OC(C)(C)C)c(-n2nc3cc4ccsc4cc3n2)c1. The van der Waals surface area contributed by atoms with Crippen LogP contribution in [-0.4, -0.2) is 109 Å². The van der Waals surface area contributed by atoms with Crippen molar-refractivity contribution in [2.24, 2.45) is 11.3 Å². The van der Waals surface area contributed by atoms with E-state index in [9.17, 15) is 19.2 Å². The number of halogens is 1. The van der Waals surface area contributed by atoms with Crippen molar-refractivity contribution in [3.63, 3.8) is 0 Å². The number of rotatable bonds is 19. The van der Waals surface area contributed by atoms with Crippen LogP contribution in [0.3, 0.4) is 0 Å². The molecule has 0 fully saturated rings. The minimum atomic E-state index is -0.808. The normalized spacial score (nSPS) is 13.5. The number of hydrogen-bond acceptors (Lipinski definition) is 18. The van der Waals surface area contributed by atoms with Gasteiger partial charge in [-0.25, -0.2) is 9.59 Å². The Balaban J connectivity index is 0.000000155. The standard InChI is InChI=1S/C34H32N6O5.C27H32ClN3O.C24H27N3O3S/c1-34(2,3)45-33(42)44-32-15-13-24(21-31(32)40-37-28-10-6-7-11-29(28)38-40)17-19-43-18-16-23-12-14-25(22-41)30(20-23)39-35-26-8-4-5-9-27(26)36-39;1-26(2,3)17-27(4,5)19-11-13-21(25(32)18-9-7-6-8-10-18)24(15-19)31-29-22-14-12-20(28)16-23(22)30-31;1-7-24(5,6)16-8-9-20(29-22(28)30-23(2,3)4)19(13-16)27-25-17-12-15-10-11-31-21(15)14-18(17)26-27/h4-15,20-22H,16-19H2,1-3H3;7,9,11-16,18H,6,8,10,17H2,1-5H3;8-14H,7H2,1-6H3. The highest BCUT2D eigenvalue weighted by molar-refractivity contribution is 7.17. The zero-order valence-electron chi connectivity index (χ0n) is 63.6. The largest absolute Gasteiger partial charge is 0.514 e. The summed E-state index contributed by atoms with van der Waals surface area (Å²) in [7, 11) is 0. The lowest BCUT2D eigenvalue weighted by Gasteiger charge is -2.33. The molecule has 0 amide bonds. The van der Waals surface area contributed by atoms with Crippen molar-refractivity contribution >= 4 is 102 Å². The number of thiophene rings is 1. The van der Waals surface area contributed by atoms with Gasteiger partial charge in [-0.3, -0.25) is 9.59 Å². The summed E-state index contributed by atoms with van der Waals surface area (Å²) in [5.41, 5.74) is 12.6. The van der Waals surface area contributed by atoms with Crippen LogP contribution in [0, 0.1) is 11.3 Å². The monoisotopic (exact) mass is 1490 g/mol. The molecule has 1 atom stereocenters. The first kappa shape index (κ1) is 76.8. The maximum absolute atomic E-state index is 13.5. The summed E-state index contributed by atoms with van der Waals surface area (Å²) in [6.45, 7) is 29.5. The molecule has 0 aliphatic heterocycles. The maximum atomic E-state index is 13.5. The summed E-state index contributed by atoms with van der Waals surface area (Å²) in [5.74, 6) is 0.682. The Bertz CT molecular complexity index is 5380. The summed E-state index contributed by atoms with van der Waals surface area (Å²) in [4.78, 5) is 56.2. The summed E-state index contributed by atoms with van der Waals surface area (Å²) >= 11 is 7.83. The molecule has 0 N–H and O–H groups in total. The third-order valence-corrected chi connectivity index (χ3v) is 19.6. The van der Waals surface area contributed by atoms with Crippen molar-refractivity contribution in [3.8, 4) is 34.2 Å². The van der Waals surface area contributed by atoms with Crippen LogP contribution in [0.15, 0.2) is 175 Å². The van der Waals surface area contributed by atoms with Crippen molar-refractivity contribution in [1.82, 2.24) is 60.0 Å². The topological polar surface area (TPSA) is 237 Å². The minimum Gasteiger partial charge on any atom is -0.428 e. The van der Waals surface area contributed by atoms with E-state index in [1.54, 1.807) is 86.7 Å². The first-order valence-electron chi connectivity index (χ1n) is 36.4. The first-order valence-corrected chi connectivity index (χ1v) is 37.6. The zero-order chi connectivity index (χ0) is 76.9. The van der Waals surface area contributed by atoms with Crippen LogP contribution < -0.4 is 9.47 Å². The molecular weight excluding hydrogens is 1400 g/mol. The van der Waals surface area contributed by atoms with Crippen LogP contribution >= 0.6 is 22.9 Å². The van der Waals surface area contributed by atoms with Crippen molar-refractivity contribution < 1.29 is 42.9 Å². The van der Waals surface area contributed by atoms with Crippen LogP contribution in [0.1, 0.15) is 172 Å². The number of nitrogens with zero attached hydrogens (tertiary/aromatic N) is 12. The molecular formula is C85H91ClN12O9S. The highest BCUT2D eigenvalue weighted by Gasteiger charge is 2.32. The van der Waals surface area contributed by atoms with E-state index in [1.807, 2.05) is 115 Å². The summed E-state index contributed by atoms with van der Waals surface area (Å²) in [5, 5.41) is 40.7. The molecule has 5 heterocycles. The van der Waals surface area contributed by atoms with Gasteiger partial charge in [-0.2, -0.15) is 0 Å². The number of hydrogen-bond donors (Lipinski definition) is 0. The molecule has 0 bridgehead atoms. The molecule has 1 aliphatic carbocycles. The molecule has 21 nitrogen and oxygen atoms in total. The van der Waals surface area contributed by atoms with Gasteiger partial charge in [0.05, 0.1) is 24.6 Å². The minimum absolute atomic E-state index is 0.0472. The van der Waals surface area contributed by atoms with Crippen LogP contribution in [0.2, 0.25) is 5.02 Å². The second kappa shape index (κ2) is 31.9. The molecule has 14 rings (SSSR count). The van der Waals surface area contributed by atoms with Gasteiger partial charge in [0, 0.05) is 26.8 Å². The van der Waals surface area contributed by atoms with Crippen molar-refractivity contribution in [2.75, 3.05) is 13.2 Å². The highest BCUT2D eigenvalue weighted by Crippen LogP contribution is 2.40. The molecule has 13 aromatic rings. The molecule has 23 heteroatoms. The Hall–Kier alpha value is -10.8. The zero-order valence-corrected chi connectivity index (χ0v) is 65.2. The predicted octanol–water partition coefficient (Wildman–Crippen LogP) is 20.0. The molecule has 0 saturated carbocycles. The molecule has 1 aliphatic rings. The Morgan fingerprint density at radius 2 is 1.00 bits per heavy atom. The van der Waals surface area contributed by atoms with Gasteiger partial charge in [0.2, 0.25) is 0 Å². The molecule has 0 spiro atoms. The highest BCUT2D eigenvalue weighted by atomic mass is 35.5. The van der Waals surface area contributed by atoms with E-state index in [1.165, 1.54) is 15.2 Å². The van der Waals surface area contributed by atoms with E-state index in [0.29, 0.717) is 70.5 Å². The fourth-order valence-corrected chi connectivity index (χ4v) is 13.9. The summed E-state index contributed by atoms with van der Waals surface area (Å²) < 4.78 is 29.0. The van der Waals surface area contributed by atoms with Gasteiger partial charge in [-0.1, -0.05) is 128 Å². The van der Waals surface area contributed by atoms with Gasteiger partial charge in [0.25, 0.3) is 0 Å². The second-order valence-electron chi connectivity index (χ2n) is 31.5. The smallest absolute Gasteiger partial charge is 0.428 e. The van der Waals surface area contributed by atoms with Crippen LogP contribution in [0.5, 0.6) is 11.5 Å². The number of ether oxygens (including phenoxy) is 5. The Morgan fingerprint density at radius 1 is 0.519 bits per heavy atom. The Labute approximate surface area is 637 Å². The summed E-state index contributed by atoms with van der Waals surface area (Å²) in [6.07, 6.45) is 9.63.